The number of rotatable bonds is 6. The van der Waals surface area contributed by atoms with Crippen LogP contribution >= 0.6 is 15.9 Å². The van der Waals surface area contributed by atoms with Crippen LogP contribution in [0.15, 0.2) is 33.4 Å². The minimum atomic E-state index is 0.402. The monoisotopic (exact) mass is 336 g/mol. The van der Waals surface area contributed by atoms with Crippen LogP contribution in [0.4, 0.5) is 0 Å². The third-order valence-electron chi connectivity index (χ3n) is 3.32. The number of halogens is 1. The van der Waals surface area contributed by atoms with E-state index in [1.54, 1.807) is 6.20 Å². The lowest BCUT2D eigenvalue weighted by molar-refractivity contribution is 0.245. The maximum absolute atomic E-state index is 5.93. The first-order chi connectivity index (χ1) is 9.72. The Labute approximate surface area is 126 Å². The number of ether oxygens (including phenoxy) is 1. The molecule has 20 heavy (non-hydrogen) atoms. The maximum Gasteiger partial charge on any atom is 0.174 e. The zero-order valence-corrected chi connectivity index (χ0v) is 12.9. The van der Waals surface area contributed by atoms with Crippen molar-refractivity contribution in [3.05, 3.63) is 45.8 Å². The van der Waals surface area contributed by atoms with E-state index in [2.05, 4.69) is 45.5 Å². The van der Waals surface area contributed by atoms with Crippen LogP contribution in [0, 0.1) is 6.92 Å². The van der Waals surface area contributed by atoms with Gasteiger partial charge in [-0.2, -0.15) is 0 Å². The van der Waals surface area contributed by atoms with Crippen molar-refractivity contribution < 1.29 is 9.26 Å². The summed E-state index contributed by atoms with van der Waals surface area (Å²) in [6.07, 6.45) is 4.19. The molecule has 5 heteroatoms. The van der Waals surface area contributed by atoms with Gasteiger partial charge in [-0.15, -0.1) is 0 Å². The predicted molar refractivity (Wildman–Crippen MR) is 79.6 cm³/mol. The van der Waals surface area contributed by atoms with Crippen molar-refractivity contribution in [3.8, 4) is 5.75 Å². The first-order valence-corrected chi connectivity index (χ1v) is 7.56. The lowest BCUT2D eigenvalue weighted by Gasteiger charge is -2.14. The maximum atomic E-state index is 5.93. The fourth-order valence-electron chi connectivity index (χ4n) is 2.14. The van der Waals surface area contributed by atoms with Gasteiger partial charge in [0, 0.05) is 28.7 Å². The van der Waals surface area contributed by atoms with Crippen molar-refractivity contribution in [3.63, 3.8) is 0 Å². The summed E-state index contributed by atoms with van der Waals surface area (Å²) in [6.45, 7) is 3.29. The molecule has 2 aromatic rings. The van der Waals surface area contributed by atoms with Crippen LogP contribution in [0.25, 0.3) is 0 Å². The summed E-state index contributed by atoms with van der Waals surface area (Å²) in [5.74, 6) is 1.66. The van der Waals surface area contributed by atoms with Gasteiger partial charge in [0.25, 0.3) is 0 Å². The molecule has 3 rings (SSSR count). The second kappa shape index (κ2) is 5.97. The average Bonchev–Trinajstić information content (AvgIpc) is 3.10. The van der Waals surface area contributed by atoms with E-state index >= 15 is 0 Å². The van der Waals surface area contributed by atoms with E-state index in [1.165, 1.54) is 18.4 Å². The van der Waals surface area contributed by atoms with Gasteiger partial charge in [-0.3, -0.25) is 0 Å². The molecule has 106 valence electrons. The van der Waals surface area contributed by atoms with E-state index in [1.807, 2.05) is 6.07 Å². The third-order valence-corrected chi connectivity index (χ3v) is 3.78. The number of hydrogen-bond donors (Lipinski definition) is 1. The highest BCUT2D eigenvalue weighted by Crippen LogP contribution is 2.30. The van der Waals surface area contributed by atoms with E-state index in [-0.39, 0.29) is 0 Å². The van der Waals surface area contributed by atoms with Crippen LogP contribution in [-0.4, -0.2) is 11.2 Å². The van der Waals surface area contributed by atoms with Gasteiger partial charge in [-0.05, 0) is 37.5 Å². The van der Waals surface area contributed by atoms with E-state index < -0.39 is 0 Å². The van der Waals surface area contributed by atoms with Crippen molar-refractivity contribution in [1.29, 1.82) is 0 Å². The SMILES string of the molecule is Cc1cc(Br)cc(CNC2CC2)c1OCc1ccno1. The largest absolute Gasteiger partial charge is 0.485 e. The second-order valence-electron chi connectivity index (χ2n) is 5.13. The molecule has 1 aliphatic carbocycles. The topological polar surface area (TPSA) is 47.3 Å². The molecule has 0 bridgehead atoms. The minimum absolute atomic E-state index is 0.402. The quantitative estimate of drug-likeness (QED) is 0.875. The van der Waals surface area contributed by atoms with Gasteiger partial charge in [0.05, 0.1) is 6.20 Å². The van der Waals surface area contributed by atoms with Crippen molar-refractivity contribution in [2.45, 2.75) is 39.0 Å². The van der Waals surface area contributed by atoms with Crippen LogP contribution in [0.5, 0.6) is 5.75 Å². The molecule has 0 amide bonds. The fourth-order valence-corrected chi connectivity index (χ4v) is 2.76. The first kappa shape index (κ1) is 13.6. The lowest BCUT2D eigenvalue weighted by Crippen LogP contribution is -2.16. The van der Waals surface area contributed by atoms with Gasteiger partial charge in [-0.1, -0.05) is 21.1 Å². The number of aromatic nitrogens is 1. The summed E-state index contributed by atoms with van der Waals surface area (Å²) in [4.78, 5) is 0. The van der Waals surface area contributed by atoms with E-state index in [9.17, 15) is 0 Å². The highest BCUT2D eigenvalue weighted by atomic mass is 79.9. The Morgan fingerprint density at radius 3 is 3.00 bits per heavy atom. The molecule has 1 N–H and O–H groups in total. The summed E-state index contributed by atoms with van der Waals surface area (Å²) in [6, 6.07) is 6.67. The van der Waals surface area contributed by atoms with Crippen molar-refractivity contribution in [1.82, 2.24) is 10.5 Å². The Balaban J connectivity index is 1.75. The molecule has 0 aliphatic heterocycles. The number of benzene rings is 1. The summed E-state index contributed by atoms with van der Waals surface area (Å²) in [5, 5.41) is 7.21. The molecule has 0 spiro atoms. The Bertz CT molecular complexity index is 580. The first-order valence-electron chi connectivity index (χ1n) is 6.77. The molecular formula is C15H17BrN2O2. The van der Waals surface area contributed by atoms with Gasteiger partial charge in [0.1, 0.15) is 12.4 Å². The average molecular weight is 337 g/mol. The molecule has 1 saturated carbocycles. The summed E-state index contributed by atoms with van der Waals surface area (Å²) in [7, 11) is 0. The van der Waals surface area contributed by atoms with Gasteiger partial charge in [0.2, 0.25) is 0 Å². The Kier molecular flexibility index (Phi) is 4.08. The molecule has 0 saturated heterocycles. The summed E-state index contributed by atoms with van der Waals surface area (Å²) in [5.41, 5.74) is 2.29. The van der Waals surface area contributed by atoms with Gasteiger partial charge in [-0.25, -0.2) is 0 Å². The van der Waals surface area contributed by atoms with E-state index in [0.717, 1.165) is 28.1 Å². The lowest BCUT2D eigenvalue weighted by atomic mass is 10.1. The van der Waals surface area contributed by atoms with Gasteiger partial charge >= 0.3 is 0 Å². The van der Waals surface area contributed by atoms with Gasteiger partial charge < -0.3 is 14.6 Å². The van der Waals surface area contributed by atoms with Crippen molar-refractivity contribution >= 4 is 15.9 Å². The molecule has 0 unspecified atom stereocenters. The molecule has 1 aliphatic rings. The third kappa shape index (κ3) is 3.41. The number of aryl methyl sites for hydroxylation is 1. The van der Waals surface area contributed by atoms with E-state index in [4.69, 9.17) is 9.26 Å². The normalized spacial score (nSPS) is 14.5. The van der Waals surface area contributed by atoms with Crippen LogP contribution in [0.2, 0.25) is 0 Å². The molecule has 1 heterocycles. The highest BCUT2D eigenvalue weighted by Gasteiger charge is 2.21. The Hall–Kier alpha value is -1.33. The number of nitrogens with one attached hydrogen (secondary N) is 1. The standard InChI is InChI=1S/C15H17BrN2O2/c1-10-6-12(16)7-11(8-17-13-2-3-13)15(10)19-9-14-4-5-18-20-14/h4-7,13,17H,2-3,8-9H2,1H3. The molecule has 1 aromatic carbocycles. The number of hydrogen-bond acceptors (Lipinski definition) is 4. The highest BCUT2D eigenvalue weighted by molar-refractivity contribution is 9.10. The van der Waals surface area contributed by atoms with Crippen molar-refractivity contribution in [2.24, 2.45) is 0 Å². The molecular weight excluding hydrogens is 320 g/mol. The zero-order chi connectivity index (χ0) is 13.9. The van der Waals surface area contributed by atoms with Crippen LogP contribution in [-0.2, 0) is 13.2 Å². The minimum Gasteiger partial charge on any atom is -0.485 e. The fraction of sp³-hybridized carbons (Fsp3) is 0.400. The molecule has 1 fully saturated rings. The summed E-state index contributed by atoms with van der Waals surface area (Å²) < 4.78 is 12.1. The van der Waals surface area contributed by atoms with Gasteiger partial charge in [0.15, 0.2) is 5.76 Å². The Morgan fingerprint density at radius 2 is 2.30 bits per heavy atom. The molecule has 0 radical (unpaired) electrons. The van der Waals surface area contributed by atoms with Crippen LogP contribution in [0.1, 0.15) is 29.7 Å². The van der Waals surface area contributed by atoms with Crippen molar-refractivity contribution in [2.75, 3.05) is 0 Å². The van der Waals surface area contributed by atoms with Crippen LogP contribution in [0.3, 0.4) is 0 Å². The molecule has 0 atom stereocenters. The molecule has 1 aromatic heterocycles. The predicted octanol–water partition coefficient (Wildman–Crippen LogP) is 3.58. The second-order valence-corrected chi connectivity index (χ2v) is 6.05. The van der Waals surface area contributed by atoms with E-state index in [0.29, 0.717) is 12.6 Å². The van der Waals surface area contributed by atoms with Crippen LogP contribution < -0.4 is 10.1 Å². The molecule has 4 nitrogen and oxygen atoms in total. The number of nitrogens with zero attached hydrogens (tertiary/aromatic N) is 1. The Morgan fingerprint density at radius 1 is 1.45 bits per heavy atom. The zero-order valence-electron chi connectivity index (χ0n) is 11.4. The summed E-state index contributed by atoms with van der Waals surface area (Å²) >= 11 is 3.55. The smallest absolute Gasteiger partial charge is 0.174 e.